The lowest BCUT2D eigenvalue weighted by atomic mass is 9.99. The highest BCUT2D eigenvalue weighted by Gasteiger charge is 2.21. The van der Waals surface area contributed by atoms with E-state index in [1.165, 1.54) is 0 Å². The van der Waals surface area contributed by atoms with Crippen LogP contribution in [0, 0.1) is 0 Å². The lowest BCUT2D eigenvalue weighted by Crippen LogP contribution is -2.28. The van der Waals surface area contributed by atoms with Crippen molar-refractivity contribution in [3.8, 4) is 28.7 Å². The molecule has 0 aliphatic carbocycles. The van der Waals surface area contributed by atoms with Crippen molar-refractivity contribution in [3.05, 3.63) is 36.5 Å². The first-order valence-corrected chi connectivity index (χ1v) is 8.78. The molecule has 6 heteroatoms. The monoisotopic (exact) mass is 380 g/mol. The van der Waals surface area contributed by atoms with Crippen LogP contribution in [0.2, 0.25) is 0 Å². The van der Waals surface area contributed by atoms with Gasteiger partial charge >= 0.3 is 0 Å². The first-order valence-electron chi connectivity index (χ1n) is 8.78. The summed E-state index contributed by atoms with van der Waals surface area (Å²) in [6.45, 7) is 0. The van der Waals surface area contributed by atoms with Crippen molar-refractivity contribution in [2.45, 2.75) is 0 Å². The van der Waals surface area contributed by atoms with Gasteiger partial charge in [0.2, 0.25) is 5.52 Å². The molecule has 0 amide bonds. The normalized spacial score (nSPS) is 11.2. The number of hydrogen-bond donors (Lipinski definition) is 1. The van der Waals surface area contributed by atoms with E-state index >= 15 is 0 Å². The van der Waals surface area contributed by atoms with Crippen LogP contribution in [-0.4, -0.2) is 33.5 Å². The number of aromatic nitrogens is 1. The second-order valence-electron chi connectivity index (χ2n) is 6.58. The molecule has 1 N–H and O–H groups in total. The second-order valence-corrected chi connectivity index (χ2v) is 6.58. The summed E-state index contributed by atoms with van der Waals surface area (Å²) in [5.41, 5.74) is 0.966. The van der Waals surface area contributed by atoms with Crippen LogP contribution in [0.4, 0.5) is 0 Å². The highest BCUT2D eigenvalue weighted by molar-refractivity contribution is 6.16. The third-order valence-electron chi connectivity index (χ3n) is 5.12. The largest absolute Gasteiger partial charge is 0.507 e. The van der Waals surface area contributed by atoms with E-state index in [2.05, 4.69) is 0 Å². The number of methoxy groups -OCH3 is 4. The van der Waals surface area contributed by atoms with Crippen molar-refractivity contribution in [1.82, 2.24) is 0 Å². The Hall–Kier alpha value is -3.41. The predicted octanol–water partition coefficient (Wildman–Crippen LogP) is 3.71. The first-order chi connectivity index (χ1) is 13.5. The van der Waals surface area contributed by atoms with Crippen LogP contribution in [-0.2, 0) is 7.05 Å². The van der Waals surface area contributed by atoms with E-state index in [1.54, 1.807) is 40.6 Å². The Labute approximate surface area is 162 Å². The summed E-state index contributed by atoms with van der Waals surface area (Å²) >= 11 is 0. The molecular formula is C22H22NO5+. The number of benzene rings is 3. The van der Waals surface area contributed by atoms with Gasteiger partial charge in [-0.3, -0.25) is 0 Å². The van der Waals surface area contributed by atoms with Crippen LogP contribution >= 0.6 is 0 Å². The van der Waals surface area contributed by atoms with E-state index in [0.29, 0.717) is 28.4 Å². The summed E-state index contributed by atoms with van der Waals surface area (Å²) in [5, 5.41) is 15.2. The number of aromatic hydroxyl groups is 1. The molecule has 4 aromatic rings. The fourth-order valence-electron chi connectivity index (χ4n) is 3.81. The van der Waals surface area contributed by atoms with Gasteiger partial charge in [-0.2, -0.15) is 4.57 Å². The minimum atomic E-state index is 0.172. The van der Waals surface area contributed by atoms with Crippen LogP contribution < -0.4 is 23.5 Å². The lowest BCUT2D eigenvalue weighted by molar-refractivity contribution is -0.642. The molecule has 144 valence electrons. The molecule has 0 radical (unpaired) electrons. The molecule has 1 aromatic heterocycles. The molecule has 0 atom stereocenters. The van der Waals surface area contributed by atoms with E-state index < -0.39 is 0 Å². The summed E-state index contributed by atoms with van der Waals surface area (Å²) in [4.78, 5) is 0. The van der Waals surface area contributed by atoms with Crippen molar-refractivity contribution >= 4 is 32.4 Å². The van der Waals surface area contributed by atoms with Crippen molar-refractivity contribution in [3.63, 3.8) is 0 Å². The zero-order valence-electron chi connectivity index (χ0n) is 16.5. The van der Waals surface area contributed by atoms with Crippen LogP contribution in [0.15, 0.2) is 36.5 Å². The Morgan fingerprint density at radius 1 is 0.643 bits per heavy atom. The molecule has 0 unspecified atom stereocenters. The Bertz CT molecular complexity index is 1230. The van der Waals surface area contributed by atoms with Gasteiger partial charge in [-0.05, 0) is 30.3 Å². The standard InChI is InChI=1S/C22H21NO5/c1-23-11-12-6-18(25-2)19(26-3)8-13(12)15-7-17(24)14-9-20(27-4)21(28-5)10-16(14)22(15)23/h6-11H,1-5H3/p+1. The molecule has 0 fully saturated rings. The minimum Gasteiger partial charge on any atom is -0.507 e. The smallest absolute Gasteiger partial charge is 0.221 e. The molecule has 0 aliphatic rings. The Balaban J connectivity index is 2.21. The summed E-state index contributed by atoms with van der Waals surface area (Å²) in [7, 11) is 8.38. The molecule has 28 heavy (non-hydrogen) atoms. The number of hydrogen-bond acceptors (Lipinski definition) is 5. The van der Waals surface area contributed by atoms with E-state index in [0.717, 1.165) is 27.1 Å². The number of phenolic OH excluding ortho intramolecular Hbond substituents is 1. The maximum Gasteiger partial charge on any atom is 0.221 e. The van der Waals surface area contributed by atoms with Crippen molar-refractivity contribution < 1.29 is 28.6 Å². The zero-order valence-corrected chi connectivity index (χ0v) is 16.5. The molecule has 1 heterocycles. The third kappa shape index (κ3) is 2.52. The third-order valence-corrected chi connectivity index (χ3v) is 5.12. The molecule has 0 aliphatic heterocycles. The average Bonchev–Trinajstić information content (AvgIpc) is 2.71. The van der Waals surface area contributed by atoms with Gasteiger partial charge in [0, 0.05) is 10.8 Å². The fraction of sp³-hybridized carbons (Fsp3) is 0.227. The summed E-state index contributed by atoms with van der Waals surface area (Å²) < 4.78 is 23.8. The number of ether oxygens (including phenoxy) is 4. The minimum absolute atomic E-state index is 0.172. The number of fused-ring (bicyclic) bond motifs is 5. The van der Waals surface area contributed by atoms with Gasteiger partial charge in [-0.25, -0.2) is 0 Å². The summed E-state index contributed by atoms with van der Waals surface area (Å²) in [5.74, 6) is 2.64. The maximum atomic E-state index is 10.8. The lowest BCUT2D eigenvalue weighted by Gasteiger charge is -2.13. The van der Waals surface area contributed by atoms with Gasteiger partial charge in [0.25, 0.3) is 0 Å². The number of phenols is 1. The fourth-order valence-corrected chi connectivity index (χ4v) is 3.81. The average molecular weight is 380 g/mol. The molecule has 4 rings (SSSR count). The van der Waals surface area contributed by atoms with E-state index in [-0.39, 0.29) is 5.75 Å². The van der Waals surface area contributed by atoms with Crippen LogP contribution in [0.25, 0.3) is 32.4 Å². The zero-order chi connectivity index (χ0) is 20.0. The van der Waals surface area contributed by atoms with Crippen molar-refractivity contribution in [2.75, 3.05) is 28.4 Å². The second kappa shape index (κ2) is 6.64. The highest BCUT2D eigenvalue weighted by atomic mass is 16.5. The molecule has 0 spiro atoms. The van der Waals surface area contributed by atoms with Gasteiger partial charge in [-0.15, -0.1) is 0 Å². The highest BCUT2D eigenvalue weighted by Crippen LogP contribution is 2.42. The van der Waals surface area contributed by atoms with E-state index in [9.17, 15) is 5.11 Å². The van der Waals surface area contributed by atoms with Gasteiger partial charge < -0.3 is 24.1 Å². The Morgan fingerprint density at radius 2 is 1.11 bits per heavy atom. The number of aryl methyl sites for hydroxylation is 1. The van der Waals surface area contributed by atoms with Gasteiger partial charge in [-0.1, -0.05) is 0 Å². The first kappa shape index (κ1) is 18.0. The molecule has 6 nitrogen and oxygen atoms in total. The van der Waals surface area contributed by atoms with Crippen LogP contribution in [0.1, 0.15) is 0 Å². The summed E-state index contributed by atoms with van der Waals surface area (Å²) in [6.07, 6.45) is 2.03. The van der Waals surface area contributed by atoms with Gasteiger partial charge in [0.1, 0.15) is 12.8 Å². The number of nitrogens with zero attached hydrogens (tertiary/aromatic N) is 1. The van der Waals surface area contributed by atoms with Gasteiger partial charge in [0.15, 0.2) is 29.2 Å². The summed E-state index contributed by atoms with van der Waals surface area (Å²) in [6, 6.07) is 9.33. The molecule has 0 saturated carbocycles. The molecular weight excluding hydrogens is 358 g/mol. The predicted molar refractivity (Wildman–Crippen MR) is 108 cm³/mol. The van der Waals surface area contributed by atoms with Crippen LogP contribution in [0.3, 0.4) is 0 Å². The Morgan fingerprint density at radius 3 is 1.68 bits per heavy atom. The molecule has 3 aromatic carbocycles. The van der Waals surface area contributed by atoms with E-state index in [4.69, 9.17) is 18.9 Å². The topological polar surface area (TPSA) is 61.0 Å². The van der Waals surface area contributed by atoms with Crippen LogP contribution in [0.5, 0.6) is 28.7 Å². The Kier molecular flexibility index (Phi) is 4.26. The van der Waals surface area contributed by atoms with Crippen molar-refractivity contribution in [2.24, 2.45) is 7.05 Å². The molecule has 0 saturated heterocycles. The van der Waals surface area contributed by atoms with E-state index in [1.807, 2.05) is 36.0 Å². The molecule has 0 bridgehead atoms. The quantitative estimate of drug-likeness (QED) is 0.432. The van der Waals surface area contributed by atoms with Crippen molar-refractivity contribution in [1.29, 1.82) is 0 Å². The SMILES string of the molecule is COc1cc2c[n+](C)c3c4cc(OC)c(OC)cc4c(O)cc3c2cc1OC. The van der Waals surface area contributed by atoms with Gasteiger partial charge in [0.05, 0.1) is 44.6 Å². The number of rotatable bonds is 4. The number of pyridine rings is 1. The maximum absolute atomic E-state index is 10.8.